The van der Waals surface area contributed by atoms with E-state index in [1.165, 1.54) is 10.4 Å². The Kier molecular flexibility index (Phi) is 4.45. The van der Waals surface area contributed by atoms with Crippen molar-refractivity contribution in [1.29, 1.82) is 0 Å². The summed E-state index contributed by atoms with van der Waals surface area (Å²) in [6.07, 6.45) is 0.577. The molecule has 0 aromatic heterocycles. The average Bonchev–Trinajstić information content (AvgIpc) is 2.66. The average molecular weight is 333 g/mol. The van der Waals surface area contributed by atoms with E-state index >= 15 is 0 Å². The van der Waals surface area contributed by atoms with E-state index in [0.717, 1.165) is 0 Å². The van der Waals surface area contributed by atoms with Crippen LogP contribution in [-0.2, 0) is 20.2 Å². The summed E-state index contributed by atoms with van der Waals surface area (Å²) < 4.78 is 53.5. The molecule has 2 N–H and O–H groups in total. The second-order valence-corrected chi connectivity index (χ2v) is 8.63. The fourth-order valence-corrected chi connectivity index (χ4v) is 4.82. The summed E-state index contributed by atoms with van der Waals surface area (Å²) in [5.74, 6) is 0.123. The molecule has 2 rings (SSSR count). The molecule has 1 aromatic rings. The zero-order valence-electron chi connectivity index (χ0n) is 11.9. The quantitative estimate of drug-likeness (QED) is 0.836. The molecule has 0 unspecified atom stereocenters. The van der Waals surface area contributed by atoms with Crippen LogP contribution in [0, 0.1) is 0 Å². The molecule has 0 amide bonds. The molecule has 0 atom stereocenters. The molecule has 0 saturated carbocycles. The Morgan fingerprint density at radius 1 is 1.29 bits per heavy atom. The zero-order chi connectivity index (χ0) is 15.7. The second-order valence-electron chi connectivity index (χ2n) is 5.17. The molecular weight excluding hydrogens is 314 g/mol. The minimum Gasteiger partial charge on any atom is -0.271 e. The standard InChI is InChI=1S/C12H19N3O4S2/c1-10(2)13-21(18,19)14-11-5-3-6-12(9-11)15-7-4-8-20(15,16)17/h3,5-6,9-10,13-14H,4,7-8H2,1-2H3. The van der Waals surface area contributed by atoms with Crippen LogP contribution >= 0.6 is 0 Å². The van der Waals surface area contributed by atoms with Crippen LogP contribution in [0.4, 0.5) is 11.4 Å². The Bertz CT molecular complexity index is 714. The molecule has 1 aliphatic heterocycles. The third-order valence-corrected chi connectivity index (χ3v) is 6.03. The zero-order valence-corrected chi connectivity index (χ0v) is 13.5. The van der Waals surface area contributed by atoms with Crippen molar-refractivity contribution in [1.82, 2.24) is 4.72 Å². The molecule has 1 heterocycles. The van der Waals surface area contributed by atoms with E-state index in [9.17, 15) is 16.8 Å². The van der Waals surface area contributed by atoms with E-state index in [1.807, 2.05) is 0 Å². The first-order valence-electron chi connectivity index (χ1n) is 6.60. The van der Waals surface area contributed by atoms with Crippen LogP contribution in [0.2, 0.25) is 0 Å². The Hall–Kier alpha value is -1.32. The highest BCUT2D eigenvalue weighted by molar-refractivity contribution is 7.93. The smallest absolute Gasteiger partial charge is 0.271 e. The van der Waals surface area contributed by atoms with Gasteiger partial charge in [0.1, 0.15) is 0 Å². The molecule has 21 heavy (non-hydrogen) atoms. The van der Waals surface area contributed by atoms with Crippen LogP contribution in [0.15, 0.2) is 24.3 Å². The number of sulfonamides is 1. The van der Waals surface area contributed by atoms with E-state index < -0.39 is 20.2 Å². The molecule has 1 saturated heterocycles. The Morgan fingerprint density at radius 3 is 2.57 bits per heavy atom. The molecule has 0 radical (unpaired) electrons. The summed E-state index contributed by atoms with van der Waals surface area (Å²) in [7, 11) is -6.95. The maximum atomic E-state index is 11.9. The molecule has 1 aromatic carbocycles. The normalized spacial score (nSPS) is 18.1. The van der Waals surface area contributed by atoms with Crippen molar-refractivity contribution >= 4 is 31.6 Å². The van der Waals surface area contributed by atoms with Crippen molar-refractivity contribution in [3.8, 4) is 0 Å². The number of benzene rings is 1. The third-order valence-electron chi connectivity index (χ3n) is 2.88. The minimum atomic E-state index is -3.67. The first kappa shape index (κ1) is 16.1. The van der Waals surface area contributed by atoms with Gasteiger partial charge in [0.2, 0.25) is 10.0 Å². The lowest BCUT2D eigenvalue weighted by molar-refractivity contribution is 0.575. The van der Waals surface area contributed by atoms with Crippen LogP contribution in [0.1, 0.15) is 20.3 Å². The van der Waals surface area contributed by atoms with Crippen molar-refractivity contribution in [2.45, 2.75) is 26.3 Å². The maximum Gasteiger partial charge on any atom is 0.299 e. The van der Waals surface area contributed by atoms with Gasteiger partial charge in [0.05, 0.1) is 17.1 Å². The summed E-state index contributed by atoms with van der Waals surface area (Å²) in [4.78, 5) is 0. The van der Waals surface area contributed by atoms with Crippen LogP contribution in [0.25, 0.3) is 0 Å². The van der Waals surface area contributed by atoms with Gasteiger partial charge >= 0.3 is 0 Å². The molecular formula is C12H19N3O4S2. The van der Waals surface area contributed by atoms with Gasteiger partial charge in [-0.15, -0.1) is 0 Å². The molecule has 9 heteroatoms. The Morgan fingerprint density at radius 2 is 2.00 bits per heavy atom. The van der Waals surface area contributed by atoms with Crippen molar-refractivity contribution < 1.29 is 16.8 Å². The van der Waals surface area contributed by atoms with Crippen LogP contribution in [0.3, 0.4) is 0 Å². The lowest BCUT2D eigenvalue weighted by Crippen LogP contribution is -2.35. The lowest BCUT2D eigenvalue weighted by atomic mass is 10.3. The molecule has 1 aliphatic rings. The molecule has 0 spiro atoms. The van der Waals surface area contributed by atoms with Crippen molar-refractivity contribution in [2.24, 2.45) is 0 Å². The van der Waals surface area contributed by atoms with Crippen molar-refractivity contribution in [2.75, 3.05) is 21.3 Å². The summed E-state index contributed by atoms with van der Waals surface area (Å²) in [5.41, 5.74) is 0.792. The van der Waals surface area contributed by atoms with Crippen LogP contribution in [0.5, 0.6) is 0 Å². The maximum absolute atomic E-state index is 11.9. The van der Waals surface area contributed by atoms with E-state index in [-0.39, 0.29) is 11.8 Å². The third kappa shape index (κ3) is 4.08. The minimum absolute atomic E-state index is 0.123. The summed E-state index contributed by atoms with van der Waals surface area (Å²) in [6.45, 7) is 3.85. The van der Waals surface area contributed by atoms with Gasteiger partial charge in [-0.25, -0.2) is 8.42 Å². The van der Waals surface area contributed by atoms with Crippen molar-refractivity contribution in [3.05, 3.63) is 24.3 Å². The summed E-state index contributed by atoms with van der Waals surface area (Å²) in [5, 5.41) is 0. The van der Waals surface area contributed by atoms with E-state index in [0.29, 0.717) is 24.3 Å². The summed E-state index contributed by atoms with van der Waals surface area (Å²) in [6, 6.07) is 6.13. The van der Waals surface area contributed by atoms with Gasteiger partial charge in [0.25, 0.3) is 10.2 Å². The number of rotatable bonds is 5. The van der Waals surface area contributed by atoms with E-state index in [1.54, 1.807) is 32.0 Å². The van der Waals surface area contributed by atoms with E-state index in [4.69, 9.17) is 0 Å². The monoisotopic (exact) mass is 333 g/mol. The fourth-order valence-electron chi connectivity index (χ4n) is 2.15. The number of nitrogens with zero attached hydrogens (tertiary/aromatic N) is 1. The van der Waals surface area contributed by atoms with Gasteiger partial charge < -0.3 is 0 Å². The van der Waals surface area contributed by atoms with Crippen LogP contribution in [-0.4, -0.2) is 35.2 Å². The molecule has 0 bridgehead atoms. The van der Waals surface area contributed by atoms with Gasteiger partial charge in [-0.05, 0) is 38.5 Å². The van der Waals surface area contributed by atoms with Crippen LogP contribution < -0.4 is 13.7 Å². The van der Waals surface area contributed by atoms with E-state index in [2.05, 4.69) is 9.44 Å². The predicted molar refractivity (Wildman–Crippen MR) is 83.0 cm³/mol. The number of anilines is 2. The first-order chi connectivity index (χ1) is 9.70. The second kappa shape index (κ2) is 5.82. The SMILES string of the molecule is CC(C)NS(=O)(=O)Nc1cccc(N2CCCS2(=O)=O)c1. The van der Waals surface area contributed by atoms with Gasteiger partial charge in [-0.2, -0.15) is 13.1 Å². The molecule has 1 fully saturated rings. The van der Waals surface area contributed by atoms with Gasteiger partial charge in [-0.3, -0.25) is 9.03 Å². The van der Waals surface area contributed by atoms with Gasteiger partial charge in [0, 0.05) is 12.6 Å². The van der Waals surface area contributed by atoms with Gasteiger partial charge in [0.15, 0.2) is 0 Å². The van der Waals surface area contributed by atoms with Gasteiger partial charge in [-0.1, -0.05) is 6.07 Å². The number of nitrogens with one attached hydrogen (secondary N) is 2. The number of hydrogen-bond acceptors (Lipinski definition) is 4. The largest absolute Gasteiger partial charge is 0.299 e. The Labute approximate surface area is 125 Å². The predicted octanol–water partition coefficient (Wildman–Crippen LogP) is 0.881. The topological polar surface area (TPSA) is 95.6 Å². The molecule has 7 nitrogen and oxygen atoms in total. The highest BCUT2D eigenvalue weighted by atomic mass is 32.2. The molecule has 0 aliphatic carbocycles. The fraction of sp³-hybridized carbons (Fsp3) is 0.500. The lowest BCUT2D eigenvalue weighted by Gasteiger charge is -2.18. The summed E-state index contributed by atoms with van der Waals surface area (Å²) >= 11 is 0. The first-order valence-corrected chi connectivity index (χ1v) is 9.69. The highest BCUT2D eigenvalue weighted by Crippen LogP contribution is 2.26. The number of hydrogen-bond donors (Lipinski definition) is 2. The Balaban J connectivity index is 2.23. The van der Waals surface area contributed by atoms with Crippen molar-refractivity contribution in [3.63, 3.8) is 0 Å². The molecule has 118 valence electrons. The highest BCUT2D eigenvalue weighted by Gasteiger charge is 2.28.